The number of aromatic hydroxyl groups is 1. The minimum atomic E-state index is -1.14. The molecular weight excluding hydrogens is 424 g/mol. The number of carbonyl (C=O) groups is 3. The van der Waals surface area contributed by atoms with Crippen molar-refractivity contribution in [2.75, 3.05) is 46.5 Å². The number of hydrogen-bond donors (Lipinski definition) is 2. The lowest BCUT2D eigenvalue weighted by atomic mass is 9.86. The molecule has 0 aromatic heterocycles. The van der Waals surface area contributed by atoms with E-state index in [0.29, 0.717) is 43.2 Å². The van der Waals surface area contributed by atoms with Gasteiger partial charge >= 0.3 is 0 Å². The Morgan fingerprint density at radius 3 is 2.48 bits per heavy atom. The molecule has 0 spiro atoms. The number of phenolic OH excluding ortho intramolecular Hbond substituents is 1. The van der Waals surface area contributed by atoms with Gasteiger partial charge in [0.15, 0.2) is 5.78 Å². The Morgan fingerprint density at radius 2 is 1.85 bits per heavy atom. The molecule has 2 aliphatic heterocycles. The number of phenols is 1. The molecule has 4 rings (SSSR count). The fourth-order valence-corrected chi connectivity index (χ4v) is 4.67. The van der Waals surface area contributed by atoms with E-state index in [2.05, 4.69) is 0 Å². The molecule has 2 saturated heterocycles. The Balaban J connectivity index is 1.67. The molecule has 33 heavy (non-hydrogen) atoms. The number of ether oxygens (including phenoxy) is 2. The van der Waals surface area contributed by atoms with Gasteiger partial charge in [-0.2, -0.15) is 0 Å². The number of amides is 1. The number of ketones is 2. The summed E-state index contributed by atoms with van der Waals surface area (Å²) in [5.41, 5.74) is 1.78. The standard InChI is InChI=1S/C25H28N2O6/c1-16-15-18(5-8-20(16)32-2)23(29)21-22(17-3-6-19(28)7-4-17)27(25(31)24(21)30)10-9-26-11-13-33-14-12-26/h3-8,15,21-22,28H,9-14H2,1-2H3/p+1. The van der Waals surface area contributed by atoms with E-state index >= 15 is 0 Å². The van der Waals surface area contributed by atoms with Crippen LogP contribution in [-0.2, 0) is 14.3 Å². The number of benzene rings is 2. The number of nitrogens with zero attached hydrogens (tertiary/aromatic N) is 1. The van der Waals surface area contributed by atoms with Crippen LogP contribution in [0.3, 0.4) is 0 Å². The summed E-state index contributed by atoms with van der Waals surface area (Å²) < 4.78 is 10.7. The topological polar surface area (TPSA) is 97.6 Å². The van der Waals surface area contributed by atoms with Crippen molar-refractivity contribution in [2.45, 2.75) is 13.0 Å². The molecule has 2 aliphatic rings. The van der Waals surface area contributed by atoms with Crippen molar-refractivity contribution >= 4 is 17.5 Å². The van der Waals surface area contributed by atoms with E-state index in [4.69, 9.17) is 9.47 Å². The summed E-state index contributed by atoms with van der Waals surface area (Å²) in [6, 6.07) is 10.6. The Kier molecular flexibility index (Phi) is 6.76. The van der Waals surface area contributed by atoms with Crippen molar-refractivity contribution in [1.82, 2.24) is 4.90 Å². The van der Waals surface area contributed by atoms with Crippen LogP contribution in [0.2, 0.25) is 0 Å². The lowest BCUT2D eigenvalue weighted by Crippen LogP contribution is -3.14. The number of carbonyl (C=O) groups excluding carboxylic acids is 3. The van der Waals surface area contributed by atoms with E-state index in [9.17, 15) is 19.5 Å². The Hall–Kier alpha value is -3.23. The number of likely N-dealkylation sites (tertiary alicyclic amines) is 1. The van der Waals surface area contributed by atoms with E-state index < -0.39 is 29.4 Å². The molecule has 2 unspecified atom stereocenters. The highest BCUT2D eigenvalue weighted by Crippen LogP contribution is 2.38. The number of nitrogens with one attached hydrogen (secondary N) is 1. The minimum Gasteiger partial charge on any atom is -0.508 e. The molecule has 0 bridgehead atoms. The third-order valence-electron chi connectivity index (χ3n) is 6.51. The highest BCUT2D eigenvalue weighted by molar-refractivity contribution is 6.44. The van der Waals surface area contributed by atoms with Crippen molar-refractivity contribution in [3.63, 3.8) is 0 Å². The zero-order valence-corrected chi connectivity index (χ0v) is 18.9. The highest BCUT2D eigenvalue weighted by atomic mass is 16.5. The third-order valence-corrected chi connectivity index (χ3v) is 6.51. The third kappa shape index (κ3) is 4.62. The van der Waals surface area contributed by atoms with Gasteiger partial charge in [0, 0.05) is 5.56 Å². The fourth-order valence-electron chi connectivity index (χ4n) is 4.67. The largest absolute Gasteiger partial charge is 0.508 e. The van der Waals surface area contributed by atoms with E-state index in [0.717, 1.165) is 18.7 Å². The Bertz CT molecular complexity index is 1050. The lowest BCUT2D eigenvalue weighted by Gasteiger charge is -2.30. The van der Waals surface area contributed by atoms with Crippen LogP contribution in [0.5, 0.6) is 11.5 Å². The minimum absolute atomic E-state index is 0.0763. The predicted octanol–water partition coefficient (Wildman–Crippen LogP) is 0.576. The second kappa shape index (κ2) is 9.72. The van der Waals surface area contributed by atoms with Crippen LogP contribution in [0.15, 0.2) is 42.5 Å². The first-order valence-corrected chi connectivity index (χ1v) is 11.1. The van der Waals surface area contributed by atoms with Crippen molar-refractivity contribution < 1.29 is 33.9 Å². The van der Waals surface area contributed by atoms with Crippen LogP contribution in [0.1, 0.15) is 27.5 Å². The lowest BCUT2D eigenvalue weighted by molar-refractivity contribution is -0.907. The Morgan fingerprint density at radius 1 is 1.15 bits per heavy atom. The molecular formula is C25H29N2O6+. The summed E-state index contributed by atoms with van der Waals surface area (Å²) >= 11 is 0. The van der Waals surface area contributed by atoms with Crippen LogP contribution >= 0.6 is 0 Å². The first kappa shape index (κ1) is 22.9. The summed E-state index contributed by atoms with van der Waals surface area (Å²) in [5.74, 6) is -2.14. The number of hydrogen-bond acceptors (Lipinski definition) is 6. The van der Waals surface area contributed by atoms with Crippen molar-refractivity contribution in [2.24, 2.45) is 5.92 Å². The summed E-state index contributed by atoms with van der Waals surface area (Å²) in [6.07, 6.45) is 0. The average molecular weight is 454 g/mol. The van der Waals surface area contributed by atoms with Gasteiger partial charge in [-0.25, -0.2) is 0 Å². The second-order valence-corrected chi connectivity index (χ2v) is 8.54. The van der Waals surface area contributed by atoms with Gasteiger partial charge in [0.05, 0.1) is 39.5 Å². The van der Waals surface area contributed by atoms with Gasteiger partial charge in [-0.05, 0) is 48.4 Å². The fraction of sp³-hybridized carbons (Fsp3) is 0.400. The highest BCUT2D eigenvalue weighted by Gasteiger charge is 2.51. The van der Waals surface area contributed by atoms with Crippen molar-refractivity contribution in [3.8, 4) is 11.5 Å². The average Bonchev–Trinajstić information content (AvgIpc) is 3.08. The molecule has 2 fully saturated rings. The van der Waals surface area contributed by atoms with E-state index in [1.165, 1.54) is 21.9 Å². The SMILES string of the molecule is COc1ccc(C(=O)C2C(=O)C(=O)N(CC[NH+]3CCOCC3)C2c2ccc(O)cc2)cc1C. The zero-order valence-electron chi connectivity index (χ0n) is 18.9. The summed E-state index contributed by atoms with van der Waals surface area (Å²) in [6.45, 7) is 5.87. The maximum atomic E-state index is 13.5. The predicted molar refractivity (Wildman–Crippen MR) is 120 cm³/mol. The molecule has 8 nitrogen and oxygen atoms in total. The zero-order chi connectivity index (χ0) is 23.5. The molecule has 1 amide bonds. The van der Waals surface area contributed by atoms with E-state index in [-0.39, 0.29) is 5.75 Å². The van der Waals surface area contributed by atoms with Gasteiger partial charge in [0.1, 0.15) is 30.5 Å². The van der Waals surface area contributed by atoms with Crippen molar-refractivity contribution in [1.29, 1.82) is 0 Å². The quantitative estimate of drug-likeness (QED) is 0.362. The smallest absolute Gasteiger partial charge is 0.291 e. The van der Waals surface area contributed by atoms with Crippen LogP contribution in [0, 0.1) is 12.8 Å². The Labute approximate surface area is 192 Å². The van der Waals surface area contributed by atoms with Gasteiger partial charge in [-0.1, -0.05) is 12.1 Å². The van der Waals surface area contributed by atoms with Gasteiger partial charge in [-0.3, -0.25) is 14.4 Å². The molecule has 2 heterocycles. The number of Topliss-reactive ketones (excluding diaryl/α,β-unsaturated/α-hetero) is 2. The summed E-state index contributed by atoms with van der Waals surface area (Å²) in [7, 11) is 1.55. The molecule has 8 heteroatoms. The maximum Gasteiger partial charge on any atom is 0.291 e. The molecule has 2 aromatic carbocycles. The monoisotopic (exact) mass is 453 g/mol. The van der Waals surface area contributed by atoms with E-state index in [1.807, 2.05) is 6.92 Å². The van der Waals surface area contributed by atoms with Crippen LogP contribution in [0.25, 0.3) is 0 Å². The molecule has 2 atom stereocenters. The number of quaternary nitrogens is 1. The van der Waals surface area contributed by atoms with Crippen molar-refractivity contribution in [3.05, 3.63) is 59.2 Å². The second-order valence-electron chi connectivity index (χ2n) is 8.54. The molecule has 2 N–H and O–H groups in total. The molecule has 0 saturated carbocycles. The molecule has 0 radical (unpaired) electrons. The van der Waals surface area contributed by atoms with E-state index in [1.54, 1.807) is 37.4 Å². The number of morpholine rings is 1. The maximum absolute atomic E-state index is 13.5. The van der Waals surface area contributed by atoms with Crippen LogP contribution in [0.4, 0.5) is 0 Å². The molecule has 2 aromatic rings. The summed E-state index contributed by atoms with van der Waals surface area (Å²) in [4.78, 5) is 42.6. The number of aryl methyl sites for hydroxylation is 1. The first-order chi connectivity index (χ1) is 15.9. The number of rotatable bonds is 7. The van der Waals surface area contributed by atoms with Gasteiger partial charge < -0.3 is 24.4 Å². The summed E-state index contributed by atoms with van der Waals surface area (Å²) in [5, 5.41) is 9.73. The first-order valence-electron chi connectivity index (χ1n) is 11.1. The molecule has 174 valence electrons. The van der Waals surface area contributed by atoms with Crippen LogP contribution < -0.4 is 9.64 Å². The molecule has 0 aliphatic carbocycles. The normalized spacial score (nSPS) is 21.5. The van der Waals surface area contributed by atoms with Crippen LogP contribution in [-0.4, -0.2) is 74.0 Å². The number of methoxy groups -OCH3 is 1. The van der Waals surface area contributed by atoms with Gasteiger partial charge in [0.25, 0.3) is 5.91 Å². The van der Waals surface area contributed by atoms with Gasteiger partial charge in [-0.15, -0.1) is 0 Å². The van der Waals surface area contributed by atoms with Gasteiger partial charge in [0.2, 0.25) is 5.78 Å².